The summed E-state index contributed by atoms with van der Waals surface area (Å²) in [7, 11) is 0. The van der Waals surface area contributed by atoms with E-state index in [0.717, 1.165) is 117 Å². The molecule has 0 amide bonds. The van der Waals surface area contributed by atoms with E-state index in [9.17, 15) is 9.59 Å². The Bertz CT molecular complexity index is 2890. The van der Waals surface area contributed by atoms with Crippen LogP contribution in [0.3, 0.4) is 0 Å². The van der Waals surface area contributed by atoms with Gasteiger partial charge in [0.15, 0.2) is 0 Å². The van der Waals surface area contributed by atoms with Crippen LogP contribution in [-0.4, -0.2) is 11.6 Å². The van der Waals surface area contributed by atoms with Crippen molar-refractivity contribution in [2.24, 2.45) is 10.2 Å². The smallest absolute Gasteiger partial charge is 0.220 e. The maximum atomic E-state index is 11.3. The molecule has 0 saturated carbocycles. The first kappa shape index (κ1) is 44.3. The Morgan fingerprint density at radius 1 is 0.484 bits per heavy atom. The van der Waals surface area contributed by atoms with Crippen molar-refractivity contribution in [3.05, 3.63) is 154 Å². The SMILES string of the molecule is CC(=O)CCCCC[n+]1c(-c2ccccc2)c2cc(N)ccc2c2ccc(N=[N+]=[N-])cc21.CC(=O)CCCCC[n+]1c(-c2ccccc2)c2cc(N)ccc2c2ccc(N=[N+]=[N-])cc21. The van der Waals surface area contributed by atoms with Crippen molar-refractivity contribution in [3.8, 4) is 22.5 Å². The molecule has 4 N–H and O–H groups in total. The molecule has 0 saturated heterocycles. The predicted octanol–water partition coefficient (Wildman–Crippen LogP) is 13.2. The second-order valence-corrected chi connectivity index (χ2v) is 16.1. The Balaban J connectivity index is 0.000000191. The summed E-state index contributed by atoms with van der Waals surface area (Å²) in [5.41, 5.74) is 39.3. The van der Waals surface area contributed by atoms with Gasteiger partial charge in [-0.3, -0.25) is 0 Å². The van der Waals surface area contributed by atoms with Gasteiger partial charge in [-0.25, -0.2) is 0 Å². The van der Waals surface area contributed by atoms with Gasteiger partial charge >= 0.3 is 0 Å². The Hall–Kier alpha value is -7.78. The number of azide groups is 2. The largest absolute Gasteiger partial charge is 0.399 e. The molecule has 0 atom stereocenters. The number of nitrogens with zero attached hydrogens (tertiary/aromatic N) is 8. The molecule has 2 aromatic heterocycles. The first-order valence-corrected chi connectivity index (χ1v) is 21.7. The lowest BCUT2D eigenvalue weighted by atomic mass is 9.98. The van der Waals surface area contributed by atoms with Crippen molar-refractivity contribution in [1.82, 2.24) is 0 Å². The van der Waals surface area contributed by atoms with Gasteiger partial charge in [-0.15, -0.1) is 0 Å². The number of ketones is 2. The number of aryl methyl sites for hydroxylation is 2. The number of unbranched alkanes of at least 4 members (excludes halogenated alkanes) is 4. The molecule has 0 fully saturated rings. The second-order valence-electron chi connectivity index (χ2n) is 16.1. The Morgan fingerprint density at radius 2 is 0.875 bits per heavy atom. The van der Waals surface area contributed by atoms with Crippen LogP contribution < -0.4 is 20.6 Å². The topological polar surface area (TPSA) is 191 Å². The maximum Gasteiger partial charge on any atom is 0.220 e. The zero-order chi connectivity index (χ0) is 45.0. The van der Waals surface area contributed by atoms with Gasteiger partial charge in [0, 0.05) is 92.3 Å². The normalized spacial score (nSPS) is 10.9. The minimum Gasteiger partial charge on any atom is -0.399 e. The van der Waals surface area contributed by atoms with E-state index in [2.05, 4.69) is 65.6 Å². The van der Waals surface area contributed by atoms with Crippen LogP contribution in [0.15, 0.2) is 144 Å². The number of nitrogens with two attached hydrogens (primary N) is 2. The van der Waals surface area contributed by atoms with Crippen LogP contribution in [-0.2, 0) is 22.7 Å². The number of pyridine rings is 2. The molecule has 64 heavy (non-hydrogen) atoms. The van der Waals surface area contributed by atoms with E-state index in [1.165, 1.54) is 0 Å². The fourth-order valence-electron chi connectivity index (χ4n) is 8.61. The van der Waals surface area contributed by atoms with Crippen molar-refractivity contribution in [1.29, 1.82) is 0 Å². The molecule has 0 unspecified atom stereocenters. The molecule has 0 spiro atoms. The number of fused-ring (bicyclic) bond motifs is 6. The molecule has 320 valence electrons. The zero-order valence-electron chi connectivity index (χ0n) is 36.3. The third kappa shape index (κ3) is 10.3. The number of aromatic nitrogens is 2. The van der Waals surface area contributed by atoms with Crippen molar-refractivity contribution in [2.75, 3.05) is 11.5 Å². The number of benzene rings is 6. The van der Waals surface area contributed by atoms with Crippen LogP contribution in [0.5, 0.6) is 0 Å². The highest BCUT2D eigenvalue weighted by atomic mass is 16.1. The van der Waals surface area contributed by atoms with E-state index < -0.39 is 0 Å². The summed E-state index contributed by atoms with van der Waals surface area (Å²) in [5, 5.41) is 14.2. The zero-order valence-corrected chi connectivity index (χ0v) is 36.3. The van der Waals surface area contributed by atoms with Crippen molar-refractivity contribution < 1.29 is 18.7 Å². The average molecular weight is 849 g/mol. The quantitative estimate of drug-likeness (QED) is 0.0186. The van der Waals surface area contributed by atoms with Crippen LogP contribution in [0.2, 0.25) is 0 Å². The lowest BCUT2D eigenvalue weighted by molar-refractivity contribution is -0.660. The summed E-state index contributed by atoms with van der Waals surface area (Å²) >= 11 is 0. The van der Waals surface area contributed by atoms with Crippen molar-refractivity contribution >= 4 is 77.7 Å². The molecule has 0 radical (unpaired) electrons. The minimum absolute atomic E-state index is 0.230. The maximum absolute atomic E-state index is 11.3. The van der Waals surface area contributed by atoms with E-state index >= 15 is 0 Å². The summed E-state index contributed by atoms with van der Waals surface area (Å²) in [4.78, 5) is 28.6. The highest BCUT2D eigenvalue weighted by molar-refractivity contribution is 6.11. The van der Waals surface area contributed by atoms with Crippen LogP contribution >= 0.6 is 0 Å². The number of anilines is 2. The van der Waals surface area contributed by atoms with E-state index in [1.54, 1.807) is 13.8 Å². The van der Waals surface area contributed by atoms with Gasteiger partial charge in [0.2, 0.25) is 22.4 Å². The average Bonchev–Trinajstić information content (AvgIpc) is 3.29. The lowest BCUT2D eigenvalue weighted by Gasteiger charge is -2.13. The highest BCUT2D eigenvalue weighted by Crippen LogP contribution is 2.36. The molecular weight excluding hydrogens is 797 g/mol. The number of hydrogen-bond donors (Lipinski definition) is 2. The minimum atomic E-state index is 0.230. The lowest BCUT2D eigenvalue weighted by Crippen LogP contribution is -2.37. The third-order valence-electron chi connectivity index (χ3n) is 11.5. The molecule has 0 bridgehead atoms. The predicted molar refractivity (Wildman–Crippen MR) is 259 cm³/mol. The fraction of sp³-hybridized carbons (Fsp3) is 0.231. The van der Waals surface area contributed by atoms with Gasteiger partial charge in [0.25, 0.3) is 0 Å². The monoisotopic (exact) mass is 848 g/mol. The summed E-state index contributed by atoms with van der Waals surface area (Å²) in [6, 6.07) is 44.2. The summed E-state index contributed by atoms with van der Waals surface area (Å²) in [6.07, 6.45) is 6.82. The summed E-state index contributed by atoms with van der Waals surface area (Å²) in [6.45, 7) is 4.84. The van der Waals surface area contributed by atoms with Gasteiger partial charge in [0.1, 0.15) is 24.7 Å². The van der Waals surface area contributed by atoms with Gasteiger partial charge in [0.05, 0.1) is 21.5 Å². The van der Waals surface area contributed by atoms with Gasteiger partial charge < -0.3 is 21.1 Å². The van der Waals surface area contributed by atoms with Crippen molar-refractivity contribution in [3.63, 3.8) is 0 Å². The third-order valence-corrected chi connectivity index (χ3v) is 11.5. The first-order valence-electron chi connectivity index (χ1n) is 21.7. The second kappa shape index (κ2) is 20.9. The molecule has 8 rings (SSSR count). The number of hydrogen-bond acceptors (Lipinski definition) is 6. The van der Waals surface area contributed by atoms with Crippen LogP contribution in [0, 0.1) is 0 Å². The first-order chi connectivity index (χ1) is 31.2. The number of carbonyl (C=O) groups is 2. The van der Waals surface area contributed by atoms with E-state index in [0.29, 0.717) is 35.6 Å². The Morgan fingerprint density at radius 3 is 1.25 bits per heavy atom. The molecule has 0 aliphatic carbocycles. The van der Waals surface area contributed by atoms with Gasteiger partial charge in [-0.05, 0) is 111 Å². The molecule has 0 aliphatic rings. The molecule has 6 aromatic carbocycles. The Labute approximate surface area is 372 Å². The molecule has 0 aliphatic heterocycles. The number of nitrogen functional groups attached to an aromatic ring is 2. The number of Topliss-reactive ketones (excluding diaryl/α,β-unsaturated/α-hetero) is 2. The van der Waals surface area contributed by atoms with Crippen LogP contribution in [0.1, 0.15) is 65.2 Å². The summed E-state index contributed by atoms with van der Waals surface area (Å²) in [5.74, 6) is 0.460. The van der Waals surface area contributed by atoms with Gasteiger partial charge in [-0.2, -0.15) is 9.13 Å². The fourth-order valence-corrected chi connectivity index (χ4v) is 8.61. The van der Waals surface area contributed by atoms with Crippen molar-refractivity contribution in [2.45, 2.75) is 78.3 Å². The van der Waals surface area contributed by atoms with E-state index in [4.69, 9.17) is 22.5 Å². The Kier molecular flexibility index (Phi) is 14.4. The molecular formula is C52H52N10O2+2. The van der Waals surface area contributed by atoms with Gasteiger partial charge in [-0.1, -0.05) is 70.9 Å². The summed E-state index contributed by atoms with van der Waals surface area (Å²) < 4.78 is 4.60. The standard InChI is InChI=1S/2C26H26N5O/c2*1-18(32)8-4-3-7-15-31-25-17-21(29-30-28)12-14-23(25)22-13-11-20(27)16-24(22)26(31)19-9-5-2-6-10-19/h2*2,5-6,9-14,16-17H,3-4,7-8,15,27H2,1H3/q2*+1. The highest BCUT2D eigenvalue weighted by Gasteiger charge is 2.25. The molecule has 12 nitrogen and oxygen atoms in total. The number of carbonyl (C=O) groups excluding carboxylic acids is 2. The van der Waals surface area contributed by atoms with Crippen LogP contribution in [0.4, 0.5) is 22.7 Å². The van der Waals surface area contributed by atoms with Crippen LogP contribution in [0.25, 0.3) is 86.8 Å². The molecule has 12 heteroatoms. The molecule has 2 heterocycles. The number of rotatable bonds is 16. The van der Waals surface area contributed by atoms with E-state index in [-0.39, 0.29) is 11.6 Å². The molecule has 8 aromatic rings. The van der Waals surface area contributed by atoms with E-state index in [1.807, 2.05) is 97.1 Å².